The summed E-state index contributed by atoms with van der Waals surface area (Å²) in [5.41, 5.74) is 1.77. The molecule has 170 valence electrons. The average molecular weight is 445 g/mol. The summed E-state index contributed by atoms with van der Waals surface area (Å²) in [6, 6.07) is 23.6. The molecule has 0 saturated carbocycles. The van der Waals surface area contributed by atoms with E-state index in [1.807, 2.05) is 35.2 Å². The molecule has 3 aromatic carbocycles. The quantitative estimate of drug-likeness (QED) is 0.495. The standard InChI is InChI=1S/C27H28N2O4/c30-26(28-23-14-12-21(13-15-23)27(31)29-16-5-2-6-17-29)22-8-7-11-25(20-22)33-19-18-32-24-9-3-1-4-10-24/h1,3-4,7-15,20H,2,5-6,16-19H2,(H,28,30). The fourth-order valence-corrected chi connectivity index (χ4v) is 3.74. The first-order valence-electron chi connectivity index (χ1n) is 11.3. The lowest BCUT2D eigenvalue weighted by Crippen LogP contribution is -2.35. The fraction of sp³-hybridized carbons (Fsp3) is 0.259. The fourth-order valence-electron chi connectivity index (χ4n) is 3.74. The average Bonchev–Trinajstić information content (AvgIpc) is 2.88. The van der Waals surface area contributed by atoms with Gasteiger partial charge in [0.15, 0.2) is 0 Å². The van der Waals surface area contributed by atoms with Crippen molar-refractivity contribution in [2.75, 3.05) is 31.6 Å². The Morgan fingerprint density at radius 3 is 2.12 bits per heavy atom. The van der Waals surface area contributed by atoms with Gasteiger partial charge in [-0.05, 0) is 73.9 Å². The Kier molecular flexibility index (Phi) is 7.59. The van der Waals surface area contributed by atoms with Crippen LogP contribution in [0.1, 0.15) is 40.0 Å². The second-order valence-corrected chi connectivity index (χ2v) is 7.92. The molecule has 0 aliphatic carbocycles. The number of hydrogen-bond donors (Lipinski definition) is 1. The molecule has 1 aliphatic heterocycles. The molecule has 1 heterocycles. The maximum absolute atomic E-state index is 12.7. The number of likely N-dealkylation sites (tertiary alicyclic amines) is 1. The summed E-state index contributed by atoms with van der Waals surface area (Å²) in [6.45, 7) is 2.40. The van der Waals surface area contributed by atoms with Gasteiger partial charge in [0.2, 0.25) is 0 Å². The van der Waals surface area contributed by atoms with Crippen LogP contribution in [0.25, 0.3) is 0 Å². The Bertz CT molecular complexity index is 1060. The summed E-state index contributed by atoms with van der Waals surface area (Å²) < 4.78 is 11.3. The second kappa shape index (κ2) is 11.2. The third kappa shape index (κ3) is 6.35. The number of para-hydroxylation sites is 1. The van der Waals surface area contributed by atoms with Gasteiger partial charge < -0.3 is 19.7 Å². The number of nitrogens with zero attached hydrogens (tertiary/aromatic N) is 1. The number of carbonyl (C=O) groups is 2. The Labute approximate surface area is 194 Å². The SMILES string of the molecule is O=C(Nc1ccc(C(=O)N2CCCCC2)cc1)c1cccc(OCCOc2ccccc2)c1. The number of ether oxygens (including phenoxy) is 2. The third-order valence-corrected chi connectivity index (χ3v) is 5.49. The molecule has 0 unspecified atom stereocenters. The van der Waals surface area contributed by atoms with Crippen LogP contribution in [-0.2, 0) is 0 Å². The summed E-state index contributed by atoms with van der Waals surface area (Å²) in [5.74, 6) is 1.20. The molecule has 3 aromatic rings. The van der Waals surface area contributed by atoms with Crippen molar-refractivity contribution in [2.24, 2.45) is 0 Å². The Morgan fingerprint density at radius 1 is 0.727 bits per heavy atom. The maximum atomic E-state index is 12.7. The number of anilines is 1. The summed E-state index contributed by atoms with van der Waals surface area (Å²) in [5, 5.41) is 2.88. The van der Waals surface area contributed by atoms with E-state index in [4.69, 9.17) is 9.47 Å². The zero-order chi connectivity index (χ0) is 22.9. The van der Waals surface area contributed by atoms with Crippen molar-refractivity contribution in [3.05, 3.63) is 90.0 Å². The molecule has 33 heavy (non-hydrogen) atoms. The van der Waals surface area contributed by atoms with E-state index in [0.29, 0.717) is 35.8 Å². The molecule has 1 aliphatic rings. The smallest absolute Gasteiger partial charge is 0.255 e. The molecule has 6 nitrogen and oxygen atoms in total. The van der Waals surface area contributed by atoms with E-state index in [0.717, 1.165) is 31.7 Å². The zero-order valence-electron chi connectivity index (χ0n) is 18.5. The lowest BCUT2D eigenvalue weighted by atomic mass is 10.1. The van der Waals surface area contributed by atoms with Gasteiger partial charge >= 0.3 is 0 Å². The largest absolute Gasteiger partial charge is 0.490 e. The van der Waals surface area contributed by atoms with Crippen molar-refractivity contribution >= 4 is 17.5 Å². The van der Waals surface area contributed by atoms with Crippen molar-refractivity contribution in [3.63, 3.8) is 0 Å². The molecule has 0 radical (unpaired) electrons. The van der Waals surface area contributed by atoms with Crippen molar-refractivity contribution in [3.8, 4) is 11.5 Å². The zero-order valence-corrected chi connectivity index (χ0v) is 18.5. The highest BCUT2D eigenvalue weighted by atomic mass is 16.5. The van der Waals surface area contributed by atoms with E-state index >= 15 is 0 Å². The van der Waals surface area contributed by atoms with Crippen LogP contribution in [0.5, 0.6) is 11.5 Å². The molecule has 1 fully saturated rings. The highest BCUT2D eigenvalue weighted by Gasteiger charge is 2.18. The van der Waals surface area contributed by atoms with Crippen LogP contribution in [0.15, 0.2) is 78.9 Å². The third-order valence-electron chi connectivity index (χ3n) is 5.49. The van der Waals surface area contributed by atoms with Crippen LogP contribution in [0.2, 0.25) is 0 Å². The molecule has 1 N–H and O–H groups in total. The van der Waals surface area contributed by atoms with Crippen molar-refractivity contribution < 1.29 is 19.1 Å². The van der Waals surface area contributed by atoms with E-state index in [-0.39, 0.29) is 11.8 Å². The number of nitrogens with one attached hydrogen (secondary N) is 1. The van der Waals surface area contributed by atoms with E-state index in [1.165, 1.54) is 6.42 Å². The molecule has 2 amide bonds. The van der Waals surface area contributed by atoms with Gasteiger partial charge in [-0.3, -0.25) is 9.59 Å². The van der Waals surface area contributed by atoms with Crippen molar-refractivity contribution in [2.45, 2.75) is 19.3 Å². The minimum atomic E-state index is -0.240. The predicted molar refractivity (Wildman–Crippen MR) is 128 cm³/mol. The number of hydrogen-bond acceptors (Lipinski definition) is 4. The monoisotopic (exact) mass is 444 g/mol. The molecular formula is C27H28N2O4. The van der Waals surface area contributed by atoms with E-state index in [1.54, 1.807) is 48.5 Å². The second-order valence-electron chi connectivity index (χ2n) is 7.92. The lowest BCUT2D eigenvalue weighted by Gasteiger charge is -2.26. The molecule has 0 bridgehead atoms. The van der Waals surface area contributed by atoms with Gasteiger partial charge in [0.05, 0.1) is 0 Å². The normalized spacial score (nSPS) is 13.3. The van der Waals surface area contributed by atoms with Crippen LogP contribution in [0.3, 0.4) is 0 Å². The highest BCUT2D eigenvalue weighted by Crippen LogP contribution is 2.18. The van der Waals surface area contributed by atoms with Gasteiger partial charge in [-0.15, -0.1) is 0 Å². The number of amides is 2. The van der Waals surface area contributed by atoms with Crippen LogP contribution in [0, 0.1) is 0 Å². The Morgan fingerprint density at radius 2 is 1.39 bits per heavy atom. The summed E-state index contributed by atoms with van der Waals surface area (Å²) >= 11 is 0. The molecule has 0 spiro atoms. The Balaban J connectivity index is 1.28. The van der Waals surface area contributed by atoms with Crippen LogP contribution >= 0.6 is 0 Å². The predicted octanol–water partition coefficient (Wildman–Crippen LogP) is 5.02. The van der Waals surface area contributed by atoms with Gasteiger partial charge in [-0.25, -0.2) is 0 Å². The van der Waals surface area contributed by atoms with Gasteiger partial charge in [0.1, 0.15) is 24.7 Å². The van der Waals surface area contributed by atoms with Gasteiger partial charge in [-0.2, -0.15) is 0 Å². The maximum Gasteiger partial charge on any atom is 0.255 e. The number of carbonyl (C=O) groups excluding carboxylic acids is 2. The number of benzene rings is 3. The van der Waals surface area contributed by atoms with Gasteiger partial charge in [0.25, 0.3) is 11.8 Å². The van der Waals surface area contributed by atoms with Gasteiger partial charge in [0, 0.05) is 29.9 Å². The van der Waals surface area contributed by atoms with E-state index < -0.39 is 0 Å². The van der Waals surface area contributed by atoms with E-state index in [9.17, 15) is 9.59 Å². The van der Waals surface area contributed by atoms with Crippen LogP contribution in [0.4, 0.5) is 5.69 Å². The minimum absolute atomic E-state index is 0.0497. The van der Waals surface area contributed by atoms with Crippen LogP contribution < -0.4 is 14.8 Å². The van der Waals surface area contributed by atoms with E-state index in [2.05, 4.69) is 5.32 Å². The molecule has 4 rings (SSSR count). The highest BCUT2D eigenvalue weighted by molar-refractivity contribution is 6.04. The minimum Gasteiger partial charge on any atom is -0.490 e. The first-order chi connectivity index (χ1) is 16.2. The molecule has 6 heteroatoms. The van der Waals surface area contributed by atoms with Crippen molar-refractivity contribution in [1.29, 1.82) is 0 Å². The first-order valence-corrected chi connectivity index (χ1v) is 11.3. The molecule has 1 saturated heterocycles. The summed E-state index contributed by atoms with van der Waals surface area (Å²) in [7, 11) is 0. The molecular weight excluding hydrogens is 416 g/mol. The lowest BCUT2D eigenvalue weighted by molar-refractivity contribution is 0.0724. The number of piperidine rings is 1. The number of rotatable bonds is 8. The van der Waals surface area contributed by atoms with Gasteiger partial charge in [-0.1, -0.05) is 24.3 Å². The summed E-state index contributed by atoms with van der Waals surface area (Å²) in [4.78, 5) is 27.2. The molecule has 0 aromatic heterocycles. The topological polar surface area (TPSA) is 67.9 Å². The molecule has 0 atom stereocenters. The summed E-state index contributed by atoms with van der Waals surface area (Å²) in [6.07, 6.45) is 3.30. The first kappa shape index (κ1) is 22.4. The van der Waals surface area contributed by atoms with Crippen molar-refractivity contribution in [1.82, 2.24) is 4.90 Å². The Hall–Kier alpha value is -3.80. The van der Waals surface area contributed by atoms with Crippen LogP contribution in [-0.4, -0.2) is 43.0 Å².